The van der Waals surface area contributed by atoms with Gasteiger partial charge < -0.3 is 10.1 Å². The van der Waals surface area contributed by atoms with Crippen LogP contribution in [0.4, 0.5) is 0 Å². The number of rotatable bonds is 8. The van der Waals surface area contributed by atoms with Crippen LogP contribution in [0.25, 0.3) is 0 Å². The van der Waals surface area contributed by atoms with Crippen LogP contribution < -0.4 is 14.8 Å². The van der Waals surface area contributed by atoms with Crippen LogP contribution in [0.15, 0.2) is 48.5 Å². The van der Waals surface area contributed by atoms with E-state index in [4.69, 9.17) is 4.74 Å². The smallest absolute Gasteiger partial charge is 0.261 e. The minimum Gasteiger partial charge on any atom is -0.481 e. The molecule has 7 heteroatoms. The molecule has 0 saturated carbocycles. The standard InChI is InChI=1S/C19H24N2O4S/c1-14-4-10-18(11-5-14)25-15(2)19(22)21-12-16-6-8-17(9-7-16)13-26(23,24)20-3/h4-11,15,20H,12-13H2,1-3H3,(H,21,22). The SMILES string of the molecule is CNS(=O)(=O)Cc1ccc(CNC(=O)C(C)Oc2ccc(C)cc2)cc1. The fourth-order valence-electron chi connectivity index (χ4n) is 2.25. The number of aryl methyl sites for hydroxylation is 1. The molecule has 0 radical (unpaired) electrons. The van der Waals surface area contributed by atoms with Crippen LogP contribution in [0.5, 0.6) is 5.75 Å². The molecule has 26 heavy (non-hydrogen) atoms. The quantitative estimate of drug-likeness (QED) is 0.739. The lowest BCUT2D eigenvalue weighted by molar-refractivity contribution is -0.127. The molecule has 1 amide bonds. The molecule has 0 bridgehead atoms. The van der Waals surface area contributed by atoms with Crippen LogP contribution >= 0.6 is 0 Å². The molecule has 0 heterocycles. The topological polar surface area (TPSA) is 84.5 Å². The molecule has 6 nitrogen and oxygen atoms in total. The molecule has 0 aliphatic carbocycles. The fourth-order valence-corrected chi connectivity index (χ4v) is 3.03. The Balaban J connectivity index is 1.85. The van der Waals surface area contributed by atoms with Crippen LogP contribution in [-0.2, 0) is 27.1 Å². The molecule has 0 fully saturated rings. The Labute approximate surface area is 154 Å². The molecule has 0 aliphatic rings. The second-order valence-corrected chi connectivity index (χ2v) is 8.00. The summed E-state index contributed by atoms with van der Waals surface area (Å²) in [6, 6.07) is 14.6. The molecular weight excluding hydrogens is 352 g/mol. The molecule has 2 aromatic rings. The molecule has 2 aromatic carbocycles. The summed E-state index contributed by atoms with van der Waals surface area (Å²) in [5.41, 5.74) is 2.69. The number of sulfonamides is 1. The maximum absolute atomic E-state index is 12.2. The summed E-state index contributed by atoms with van der Waals surface area (Å²) in [5, 5.41) is 2.81. The van der Waals surface area contributed by atoms with Gasteiger partial charge in [-0.05, 0) is 44.2 Å². The van der Waals surface area contributed by atoms with E-state index in [-0.39, 0.29) is 11.7 Å². The second-order valence-electron chi connectivity index (χ2n) is 6.07. The molecule has 2 rings (SSSR count). The van der Waals surface area contributed by atoms with Gasteiger partial charge in [-0.25, -0.2) is 13.1 Å². The van der Waals surface area contributed by atoms with Crippen molar-refractivity contribution in [3.05, 3.63) is 65.2 Å². The molecule has 0 saturated heterocycles. The summed E-state index contributed by atoms with van der Waals surface area (Å²) in [6.45, 7) is 4.03. The largest absolute Gasteiger partial charge is 0.481 e. The lowest BCUT2D eigenvalue weighted by Crippen LogP contribution is -2.35. The lowest BCUT2D eigenvalue weighted by Gasteiger charge is -2.15. The van der Waals surface area contributed by atoms with E-state index in [1.807, 2.05) is 31.2 Å². The summed E-state index contributed by atoms with van der Waals surface area (Å²) >= 11 is 0. The number of nitrogens with one attached hydrogen (secondary N) is 2. The summed E-state index contributed by atoms with van der Waals surface area (Å²) in [5.74, 6) is 0.359. The average molecular weight is 376 g/mol. The summed E-state index contributed by atoms with van der Waals surface area (Å²) in [6.07, 6.45) is -0.613. The Hall–Kier alpha value is -2.38. The normalized spacial score (nSPS) is 12.4. The zero-order valence-electron chi connectivity index (χ0n) is 15.2. The average Bonchev–Trinajstić information content (AvgIpc) is 2.62. The second kappa shape index (κ2) is 8.82. The van der Waals surface area contributed by atoms with Crippen LogP contribution in [0.3, 0.4) is 0 Å². The zero-order chi connectivity index (χ0) is 19.2. The number of benzene rings is 2. The van der Waals surface area contributed by atoms with Crippen molar-refractivity contribution in [2.45, 2.75) is 32.2 Å². The van der Waals surface area contributed by atoms with Gasteiger partial charge in [0.1, 0.15) is 5.75 Å². The van der Waals surface area contributed by atoms with Gasteiger partial charge in [-0.15, -0.1) is 0 Å². The highest BCUT2D eigenvalue weighted by Gasteiger charge is 2.14. The van der Waals surface area contributed by atoms with Crippen LogP contribution in [0.1, 0.15) is 23.6 Å². The summed E-state index contributed by atoms with van der Waals surface area (Å²) in [4.78, 5) is 12.2. The number of carbonyl (C=O) groups excluding carboxylic acids is 1. The third-order valence-electron chi connectivity index (χ3n) is 3.86. The Kier molecular flexibility index (Phi) is 6.76. The van der Waals surface area contributed by atoms with Gasteiger partial charge in [-0.2, -0.15) is 0 Å². The Morgan fingerprint density at radius 2 is 1.62 bits per heavy atom. The number of carbonyl (C=O) groups is 1. The molecule has 140 valence electrons. The van der Waals surface area contributed by atoms with Crippen molar-refractivity contribution in [3.8, 4) is 5.75 Å². The lowest BCUT2D eigenvalue weighted by atomic mass is 10.1. The van der Waals surface area contributed by atoms with E-state index in [1.54, 1.807) is 31.2 Å². The minimum atomic E-state index is -3.29. The highest BCUT2D eigenvalue weighted by atomic mass is 32.2. The first-order valence-electron chi connectivity index (χ1n) is 8.29. The molecule has 0 aromatic heterocycles. The van der Waals surface area contributed by atoms with Gasteiger partial charge in [-0.1, -0.05) is 42.0 Å². The van der Waals surface area contributed by atoms with Crippen molar-refractivity contribution in [1.29, 1.82) is 0 Å². The van der Waals surface area contributed by atoms with Crippen molar-refractivity contribution >= 4 is 15.9 Å². The number of hydrogen-bond donors (Lipinski definition) is 2. The number of ether oxygens (including phenoxy) is 1. The first-order valence-corrected chi connectivity index (χ1v) is 9.94. The maximum atomic E-state index is 12.2. The van der Waals surface area contributed by atoms with Gasteiger partial charge in [0.25, 0.3) is 5.91 Å². The highest BCUT2D eigenvalue weighted by molar-refractivity contribution is 7.88. The third-order valence-corrected chi connectivity index (χ3v) is 5.20. The Morgan fingerprint density at radius 1 is 1.04 bits per heavy atom. The predicted octanol–water partition coefficient (Wildman–Crippen LogP) is 2.13. The van der Waals surface area contributed by atoms with E-state index in [2.05, 4.69) is 10.0 Å². The van der Waals surface area contributed by atoms with Gasteiger partial charge in [0.15, 0.2) is 6.10 Å². The molecular formula is C19H24N2O4S. The molecule has 1 unspecified atom stereocenters. The van der Waals surface area contributed by atoms with Crippen LogP contribution in [0, 0.1) is 6.92 Å². The first kappa shape index (κ1) is 19.9. The van der Waals surface area contributed by atoms with Crippen molar-refractivity contribution < 1.29 is 17.9 Å². The Bertz CT molecular complexity index is 831. The third kappa shape index (κ3) is 6.16. The van der Waals surface area contributed by atoms with Crippen LogP contribution in [0.2, 0.25) is 0 Å². The zero-order valence-corrected chi connectivity index (χ0v) is 16.0. The van der Waals surface area contributed by atoms with E-state index < -0.39 is 16.1 Å². The first-order chi connectivity index (χ1) is 12.3. The van der Waals surface area contributed by atoms with Gasteiger partial charge in [0.2, 0.25) is 10.0 Å². The van der Waals surface area contributed by atoms with E-state index in [9.17, 15) is 13.2 Å². The van der Waals surface area contributed by atoms with Gasteiger partial charge >= 0.3 is 0 Å². The van der Waals surface area contributed by atoms with E-state index in [0.717, 1.165) is 11.1 Å². The van der Waals surface area contributed by atoms with E-state index in [0.29, 0.717) is 17.9 Å². The van der Waals surface area contributed by atoms with Gasteiger partial charge in [0.05, 0.1) is 5.75 Å². The monoisotopic (exact) mass is 376 g/mol. The molecule has 0 aliphatic heterocycles. The number of amides is 1. The summed E-state index contributed by atoms with van der Waals surface area (Å²) < 4.78 is 31.0. The van der Waals surface area contributed by atoms with Crippen molar-refractivity contribution in [1.82, 2.24) is 10.0 Å². The van der Waals surface area contributed by atoms with Crippen molar-refractivity contribution in [2.75, 3.05) is 7.05 Å². The highest BCUT2D eigenvalue weighted by Crippen LogP contribution is 2.13. The fraction of sp³-hybridized carbons (Fsp3) is 0.316. The molecule has 2 N–H and O–H groups in total. The minimum absolute atomic E-state index is 0.0719. The maximum Gasteiger partial charge on any atom is 0.261 e. The number of hydrogen-bond acceptors (Lipinski definition) is 4. The predicted molar refractivity (Wildman–Crippen MR) is 101 cm³/mol. The van der Waals surface area contributed by atoms with E-state index >= 15 is 0 Å². The summed E-state index contributed by atoms with van der Waals surface area (Å²) in [7, 11) is -1.90. The van der Waals surface area contributed by atoms with Crippen molar-refractivity contribution in [3.63, 3.8) is 0 Å². The Morgan fingerprint density at radius 3 is 2.19 bits per heavy atom. The van der Waals surface area contributed by atoms with Crippen molar-refractivity contribution in [2.24, 2.45) is 0 Å². The van der Waals surface area contributed by atoms with E-state index in [1.165, 1.54) is 7.05 Å². The van der Waals surface area contributed by atoms with Gasteiger partial charge in [-0.3, -0.25) is 4.79 Å². The van der Waals surface area contributed by atoms with Gasteiger partial charge in [0, 0.05) is 6.54 Å². The molecule has 1 atom stereocenters. The molecule has 0 spiro atoms. The van der Waals surface area contributed by atoms with Crippen LogP contribution in [-0.4, -0.2) is 27.5 Å².